The van der Waals surface area contributed by atoms with Crippen molar-refractivity contribution in [1.29, 1.82) is 0 Å². The summed E-state index contributed by atoms with van der Waals surface area (Å²) in [5, 5.41) is 4.81. The van der Waals surface area contributed by atoms with Crippen LogP contribution in [0.2, 0.25) is 0 Å². The number of anilines is 1. The van der Waals surface area contributed by atoms with Crippen molar-refractivity contribution in [2.45, 2.75) is 45.1 Å². The van der Waals surface area contributed by atoms with Crippen molar-refractivity contribution < 1.29 is 27.4 Å². The number of ether oxygens (including phenoxy) is 2. The Morgan fingerprint density at radius 3 is 2.68 bits per heavy atom. The summed E-state index contributed by atoms with van der Waals surface area (Å²) in [4.78, 5) is 40.5. The molecule has 13 nitrogen and oxygen atoms in total. The monoisotopic (exact) mass is 684 g/mol. The van der Waals surface area contributed by atoms with Gasteiger partial charge in [-0.2, -0.15) is 5.10 Å². The van der Waals surface area contributed by atoms with E-state index in [2.05, 4.69) is 25.0 Å². The van der Waals surface area contributed by atoms with Crippen molar-refractivity contribution in [2.24, 2.45) is 0 Å². The summed E-state index contributed by atoms with van der Waals surface area (Å²) < 4.78 is 59.2. The fourth-order valence-corrected chi connectivity index (χ4v) is 6.97. The van der Waals surface area contributed by atoms with E-state index < -0.39 is 35.7 Å². The Balaban J connectivity index is 1.23. The van der Waals surface area contributed by atoms with Gasteiger partial charge in [0.15, 0.2) is 11.5 Å². The van der Waals surface area contributed by atoms with E-state index in [-0.39, 0.29) is 42.6 Å². The van der Waals surface area contributed by atoms with Crippen molar-refractivity contribution in [1.82, 2.24) is 44.2 Å². The molecule has 1 saturated heterocycles. The number of halogens is 3. The maximum atomic E-state index is 15.0. The van der Waals surface area contributed by atoms with Crippen LogP contribution in [-0.2, 0) is 16.1 Å². The van der Waals surface area contributed by atoms with Crippen molar-refractivity contribution in [3.05, 3.63) is 78.5 Å². The highest BCUT2D eigenvalue weighted by Crippen LogP contribution is 2.35. The van der Waals surface area contributed by atoms with Gasteiger partial charge in [-0.25, -0.2) is 37.8 Å². The highest BCUT2D eigenvalue weighted by molar-refractivity contribution is 5.93. The second kappa shape index (κ2) is 12.4. The lowest BCUT2D eigenvalue weighted by Gasteiger charge is -2.31. The molecule has 50 heavy (non-hydrogen) atoms. The second-order valence-corrected chi connectivity index (χ2v) is 12.4. The molecule has 0 unspecified atom stereocenters. The Morgan fingerprint density at radius 2 is 1.86 bits per heavy atom. The Bertz CT molecular complexity index is 2280. The average molecular weight is 685 g/mol. The van der Waals surface area contributed by atoms with E-state index in [1.807, 2.05) is 23.3 Å². The van der Waals surface area contributed by atoms with E-state index in [4.69, 9.17) is 14.5 Å². The van der Waals surface area contributed by atoms with Crippen LogP contribution in [0, 0.1) is 24.4 Å². The molecule has 4 bridgehead atoms. The van der Waals surface area contributed by atoms with E-state index in [0.29, 0.717) is 52.5 Å². The van der Waals surface area contributed by atoms with Crippen molar-refractivity contribution in [3.8, 4) is 22.8 Å². The Kier molecular flexibility index (Phi) is 7.81. The number of nitrogens with zero attached hydrogens (tertiary/aromatic N) is 10. The first-order chi connectivity index (χ1) is 24.2. The summed E-state index contributed by atoms with van der Waals surface area (Å²) in [6.07, 6.45) is 5.12. The molecular weight excluding hydrogens is 653 g/mol. The molecule has 0 N–H and O–H groups in total. The molecule has 3 atom stereocenters. The van der Waals surface area contributed by atoms with Crippen LogP contribution >= 0.6 is 0 Å². The van der Waals surface area contributed by atoms with Gasteiger partial charge in [0.25, 0.3) is 0 Å². The van der Waals surface area contributed by atoms with Crippen LogP contribution in [0.15, 0.2) is 55.2 Å². The third-order valence-electron chi connectivity index (χ3n) is 9.12. The van der Waals surface area contributed by atoms with Crippen LogP contribution in [0.5, 0.6) is 5.88 Å². The SMILES string of the molecule is CCO[C@H]1CN(C)C(=O)[C@@H]2C[C@@H](CN2c2ncnc3c2cnn3-c2ccc(F)cc2F)Oc2cncc(n2)-c2cc(F)cc3nc(C)n(c23)C1. The number of benzene rings is 2. The number of rotatable bonds is 4. The third kappa shape index (κ3) is 5.45. The number of likely N-dealkylation sites (N-methyl/N-ethyl adjacent to an activating group) is 1. The van der Waals surface area contributed by atoms with Crippen molar-refractivity contribution in [2.75, 3.05) is 31.6 Å². The molecule has 0 radical (unpaired) electrons. The normalized spacial score (nSPS) is 19.6. The number of carbonyl (C=O) groups excluding carboxylic acids is 1. The van der Waals surface area contributed by atoms with E-state index in [1.165, 1.54) is 41.6 Å². The van der Waals surface area contributed by atoms with Gasteiger partial charge in [-0.3, -0.25) is 9.78 Å². The zero-order valence-electron chi connectivity index (χ0n) is 27.3. The Labute approximate surface area is 283 Å². The van der Waals surface area contributed by atoms with Crippen LogP contribution in [-0.4, -0.2) is 95.1 Å². The maximum absolute atomic E-state index is 15.0. The second-order valence-electron chi connectivity index (χ2n) is 12.4. The number of aromatic nitrogens is 8. The lowest BCUT2D eigenvalue weighted by Crippen LogP contribution is -2.47. The van der Waals surface area contributed by atoms with Crippen LogP contribution in [0.25, 0.3) is 39.0 Å². The first-order valence-corrected chi connectivity index (χ1v) is 16.1. The highest BCUT2D eigenvalue weighted by Gasteiger charge is 2.42. The fraction of sp³-hybridized carbons (Fsp3) is 0.324. The van der Waals surface area contributed by atoms with Crippen LogP contribution in [0.4, 0.5) is 19.0 Å². The number of aryl methyl sites for hydroxylation is 1. The van der Waals surface area contributed by atoms with Gasteiger partial charge in [0.05, 0.1) is 59.9 Å². The average Bonchev–Trinajstić information content (AvgIpc) is 3.79. The molecule has 6 heterocycles. The zero-order valence-corrected chi connectivity index (χ0v) is 27.3. The number of hydrogen-bond donors (Lipinski definition) is 0. The molecule has 256 valence electrons. The number of imidazole rings is 1. The summed E-state index contributed by atoms with van der Waals surface area (Å²) in [5.41, 5.74) is 2.31. The molecule has 16 heteroatoms. The molecule has 2 aliphatic rings. The van der Waals surface area contributed by atoms with Crippen LogP contribution in [0.1, 0.15) is 19.2 Å². The van der Waals surface area contributed by atoms with Crippen molar-refractivity contribution in [3.63, 3.8) is 0 Å². The van der Waals surface area contributed by atoms with E-state index in [1.54, 1.807) is 18.1 Å². The Hall–Kier alpha value is -5.64. The molecule has 0 spiro atoms. The minimum atomic E-state index is -0.809. The quantitative estimate of drug-likeness (QED) is 0.266. The van der Waals surface area contributed by atoms with Gasteiger partial charge in [0, 0.05) is 44.3 Å². The molecule has 8 rings (SSSR count). The molecule has 2 aromatic carbocycles. The van der Waals surface area contributed by atoms with E-state index >= 15 is 0 Å². The topological polar surface area (TPSA) is 129 Å². The largest absolute Gasteiger partial charge is 0.471 e. The van der Waals surface area contributed by atoms with Gasteiger partial charge in [0.1, 0.15) is 47.4 Å². The first kappa shape index (κ1) is 31.6. The number of hydrogen-bond acceptors (Lipinski definition) is 10. The molecule has 1 amide bonds. The summed E-state index contributed by atoms with van der Waals surface area (Å²) in [6, 6.07) is 5.25. The minimum absolute atomic E-state index is 0.00904. The number of carbonyl (C=O) groups is 1. The molecule has 4 aromatic heterocycles. The van der Waals surface area contributed by atoms with E-state index in [0.717, 1.165) is 12.1 Å². The molecule has 0 aliphatic carbocycles. The predicted octanol–water partition coefficient (Wildman–Crippen LogP) is 4.25. The summed E-state index contributed by atoms with van der Waals surface area (Å²) in [6.45, 7) is 4.92. The number of amides is 1. The first-order valence-electron chi connectivity index (χ1n) is 16.1. The van der Waals surface area contributed by atoms with Gasteiger partial charge in [0.2, 0.25) is 11.8 Å². The van der Waals surface area contributed by atoms with Gasteiger partial charge in [-0.15, -0.1) is 0 Å². The predicted molar refractivity (Wildman–Crippen MR) is 175 cm³/mol. The van der Waals surface area contributed by atoms with Gasteiger partial charge >= 0.3 is 0 Å². The van der Waals surface area contributed by atoms with Crippen LogP contribution in [0.3, 0.4) is 0 Å². The maximum Gasteiger partial charge on any atom is 0.245 e. The zero-order chi connectivity index (χ0) is 34.7. The summed E-state index contributed by atoms with van der Waals surface area (Å²) in [5.74, 6) is -0.955. The smallest absolute Gasteiger partial charge is 0.245 e. The highest BCUT2D eigenvalue weighted by atomic mass is 19.1. The molecular formula is C34H31F3N10O3. The minimum Gasteiger partial charge on any atom is -0.471 e. The van der Waals surface area contributed by atoms with Gasteiger partial charge < -0.3 is 23.8 Å². The lowest BCUT2D eigenvalue weighted by molar-refractivity contribution is -0.133. The number of fused-ring (bicyclic) bond motifs is 6. The summed E-state index contributed by atoms with van der Waals surface area (Å²) >= 11 is 0. The van der Waals surface area contributed by atoms with Gasteiger partial charge in [-0.05, 0) is 32.0 Å². The fourth-order valence-electron chi connectivity index (χ4n) is 6.97. The van der Waals surface area contributed by atoms with Gasteiger partial charge in [-0.1, -0.05) is 0 Å². The summed E-state index contributed by atoms with van der Waals surface area (Å²) in [7, 11) is 1.72. The molecule has 6 aromatic rings. The third-order valence-corrected chi connectivity index (χ3v) is 9.12. The van der Waals surface area contributed by atoms with Crippen molar-refractivity contribution >= 4 is 33.8 Å². The Morgan fingerprint density at radius 1 is 1.00 bits per heavy atom. The van der Waals surface area contributed by atoms with E-state index in [9.17, 15) is 18.0 Å². The molecule has 1 fully saturated rings. The standard InChI is InChI=1S/C34H31F3N10O3/c1-4-49-22-14-44(3)34(48)29-10-21(15-46(29)32-24-11-41-47(33(24)40-17-39-32)28-6-5-19(35)8-25(28)37)50-30-13-38-12-27(43-30)23-7-20(36)9-26-31(23)45(16-22)18(2)42-26/h5-9,11-13,17,21-22,29H,4,10,14-16H2,1-3H3/t21-,22-,29-/m0/s1. The van der Waals surface area contributed by atoms with Crippen LogP contribution < -0.4 is 9.64 Å². The lowest BCUT2D eigenvalue weighted by atomic mass is 10.1. The molecule has 2 aliphatic heterocycles. The molecule has 0 saturated carbocycles.